The van der Waals surface area contributed by atoms with Crippen LogP contribution >= 0.6 is 0 Å². The molecule has 0 aliphatic heterocycles. The minimum atomic E-state index is -0.543. The summed E-state index contributed by atoms with van der Waals surface area (Å²) < 4.78 is 1.79. The van der Waals surface area contributed by atoms with E-state index in [4.69, 9.17) is 0 Å². The number of nitrogens with zero attached hydrogens (tertiary/aromatic N) is 3. The van der Waals surface area contributed by atoms with E-state index in [9.17, 15) is 5.11 Å². The van der Waals surface area contributed by atoms with Gasteiger partial charge in [0.1, 0.15) is 12.7 Å². The maximum absolute atomic E-state index is 10.3. The number of benzene rings is 2. The van der Waals surface area contributed by atoms with Gasteiger partial charge in [-0.2, -0.15) is 5.10 Å². The first-order valence-corrected chi connectivity index (χ1v) is 7.66. The van der Waals surface area contributed by atoms with Gasteiger partial charge in [0.15, 0.2) is 0 Å². The third kappa shape index (κ3) is 4.25. The maximum Gasteiger partial charge on any atom is 0.137 e. The predicted octanol–water partition coefficient (Wildman–Crippen LogP) is 2.34. The number of hydrogen-bond donors (Lipinski definition) is 2. The Morgan fingerprint density at radius 1 is 0.957 bits per heavy atom. The lowest BCUT2D eigenvalue weighted by molar-refractivity contribution is 0.167. The molecule has 0 spiro atoms. The standard InChI is InChI=1S/C18H20N4O/c23-18(16-9-5-2-6-10-16)11-20-17(12-22-14-19-13-21-22)15-7-3-1-4-8-15/h1-10,13-14,17-18,20,23H,11-12H2. The van der Waals surface area contributed by atoms with Crippen molar-refractivity contribution in [2.45, 2.75) is 18.7 Å². The number of aliphatic hydroxyl groups is 1. The van der Waals surface area contributed by atoms with Crippen LogP contribution in [0.2, 0.25) is 0 Å². The second kappa shape index (κ2) is 7.67. The van der Waals surface area contributed by atoms with Gasteiger partial charge in [-0.15, -0.1) is 0 Å². The number of rotatable bonds is 7. The Morgan fingerprint density at radius 3 is 2.22 bits per heavy atom. The van der Waals surface area contributed by atoms with Crippen molar-refractivity contribution in [3.63, 3.8) is 0 Å². The first-order valence-electron chi connectivity index (χ1n) is 7.66. The van der Waals surface area contributed by atoms with Crippen molar-refractivity contribution >= 4 is 0 Å². The van der Waals surface area contributed by atoms with Crippen LogP contribution < -0.4 is 5.32 Å². The van der Waals surface area contributed by atoms with Crippen molar-refractivity contribution in [3.8, 4) is 0 Å². The Balaban J connectivity index is 1.69. The summed E-state index contributed by atoms with van der Waals surface area (Å²) in [6.45, 7) is 1.13. The lowest BCUT2D eigenvalue weighted by Gasteiger charge is -2.21. The highest BCUT2D eigenvalue weighted by Crippen LogP contribution is 2.17. The first-order chi connectivity index (χ1) is 11.3. The molecule has 0 saturated carbocycles. The van der Waals surface area contributed by atoms with E-state index in [0.717, 1.165) is 11.1 Å². The van der Waals surface area contributed by atoms with Crippen molar-refractivity contribution in [2.24, 2.45) is 0 Å². The van der Waals surface area contributed by atoms with E-state index < -0.39 is 6.10 Å². The zero-order chi connectivity index (χ0) is 15.9. The van der Waals surface area contributed by atoms with Crippen LogP contribution in [0, 0.1) is 0 Å². The highest BCUT2D eigenvalue weighted by Gasteiger charge is 2.15. The van der Waals surface area contributed by atoms with Crippen LogP contribution in [0.3, 0.4) is 0 Å². The molecule has 3 aromatic rings. The van der Waals surface area contributed by atoms with Crippen LogP contribution in [0.5, 0.6) is 0 Å². The van der Waals surface area contributed by atoms with E-state index in [1.54, 1.807) is 11.0 Å². The highest BCUT2D eigenvalue weighted by atomic mass is 16.3. The molecule has 0 amide bonds. The summed E-state index contributed by atoms with van der Waals surface area (Å²) in [5, 5.41) is 17.9. The van der Waals surface area contributed by atoms with Gasteiger partial charge in [0.2, 0.25) is 0 Å². The van der Waals surface area contributed by atoms with Crippen LogP contribution in [0.4, 0.5) is 0 Å². The molecule has 1 aromatic heterocycles. The van der Waals surface area contributed by atoms with Gasteiger partial charge < -0.3 is 10.4 Å². The molecule has 0 saturated heterocycles. The molecule has 0 bridgehead atoms. The van der Waals surface area contributed by atoms with Crippen molar-refractivity contribution in [2.75, 3.05) is 6.54 Å². The minimum absolute atomic E-state index is 0.0521. The van der Waals surface area contributed by atoms with Gasteiger partial charge in [0.25, 0.3) is 0 Å². The largest absolute Gasteiger partial charge is 0.387 e. The van der Waals surface area contributed by atoms with Crippen LogP contribution in [-0.2, 0) is 6.54 Å². The van der Waals surface area contributed by atoms with Crippen LogP contribution in [0.15, 0.2) is 73.3 Å². The van der Waals surface area contributed by atoms with Gasteiger partial charge in [0, 0.05) is 6.54 Å². The Hall–Kier alpha value is -2.50. The Kier molecular flexibility index (Phi) is 5.13. The van der Waals surface area contributed by atoms with Crippen LogP contribution in [0.25, 0.3) is 0 Å². The minimum Gasteiger partial charge on any atom is -0.387 e. The molecule has 2 aromatic carbocycles. The number of aliphatic hydroxyl groups excluding tert-OH is 1. The van der Waals surface area contributed by atoms with Crippen LogP contribution in [-0.4, -0.2) is 26.4 Å². The molecule has 2 N–H and O–H groups in total. The van der Waals surface area contributed by atoms with Gasteiger partial charge in [0.05, 0.1) is 18.7 Å². The summed E-state index contributed by atoms with van der Waals surface area (Å²) >= 11 is 0. The van der Waals surface area contributed by atoms with Gasteiger partial charge in [-0.3, -0.25) is 4.68 Å². The molecule has 0 fully saturated rings. The van der Waals surface area contributed by atoms with Crippen molar-refractivity contribution in [1.82, 2.24) is 20.1 Å². The fourth-order valence-corrected chi connectivity index (χ4v) is 2.53. The Bertz CT molecular complexity index is 686. The van der Waals surface area contributed by atoms with Crippen molar-refractivity contribution < 1.29 is 5.11 Å². The second-order valence-electron chi connectivity index (χ2n) is 5.42. The summed E-state index contributed by atoms with van der Waals surface area (Å²) in [5.41, 5.74) is 2.07. The number of nitrogens with one attached hydrogen (secondary N) is 1. The van der Waals surface area contributed by atoms with Crippen LogP contribution in [0.1, 0.15) is 23.3 Å². The molecule has 118 valence electrons. The summed E-state index contributed by atoms with van der Waals surface area (Å²) in [5.74, 6) is 0. The smallest absolute Gasteiger partial charge is 0.137 e. The third-order valence-corrected chi connectivity index (χ3v) is 3.78. The van der Waals surface area contributed by atoms with E-state index in [2.05, 4.69) is 27.5 Å². The summed E-state index contributed by atoms with van der Waals surface area (Å²) in [4.78, 5) is 3.99. The Labute approximate surface area is 135 Å². The van der Waals surface area contributed by atoms with Gasteiger partial charge in [-0.1, -0.05) is 60.7 Å². The van der Waals surface area contributed by atoms with Gasteiger partial charge in [-0.05, 0) is 11.1 Å². The van der Waals surface area contributed by atoms with Gasteiger partial charge >= 0.3 is 0 Å². The quantitative estimate of drug-likeness (QED) is 0.703. The summed E-state index contributed by atoms with van der Waals surface area (Å²) in [7, 11) is 0. The molecule has 2 atom stereocenters. The maximum atomic E-state index is 10.3. The Morgan fingerprint density at radius 2 is 1.61 bits per heavy atom. The van der Waals surface area contributed by atoms with Crippen molar-refractivity contribution in [3.05, 3.63) is 84.4 Å². The van der Waals surface area contributed by atoms with E-state index >= 15 is 0 Å². The normalized spacial score (nSPS) is 13.6. The first kappa shape index (κ1) is 15.4. The van der Waals surface area contributed by atoms with Crippen molar-refractivity contribution in [1.29, 1.82) is 0 Å². The van der Waals surface area contributed by atoms with E-state index in [0.29, 0.717) is 13.1 Å². The molecule has 0 aliphatic rings. The molecule has 5 heteroatoms. The molecular formula is C18H20N4O. The zero-order valence-electron chi connectivity index (χ0n) is 12.8. The van der Waals surface area contributed by atoms with E-state index in [-0.39, 0.29) is 6.04 Å². The molecule has 2 unspecified atom stereocenters. The fraction of sp³-hybridized carbons (Fsp3) is 0.222. The zero-order valence-corrected chi connectivity index (χ0v) is 12.8. The topological polar surface area (TPSA) is 63.0 Å². The average Bonchev–Trinajstić information content (AvgIpc) is 3.13. The van der Waals surface area contributed by atoms with Gasteiger partial charge in [-0.25, -0.2) is 4.98 Å². The molecular weight excluding hydrogens is 288 g/mol. The number of hydrogen-bond acceptors (Lipinski definition) is 4. The molecule has 0 radical (unpaired) electrons. The molecule has 0 aliphatic carbocycles. The fourth-order valence-electron chi connectivity index (χ4n) is 2.53. The molecule has 1 heterocycles. The number of aromatic nitrogens is 3. The van der Waals surface area contributed by atoms with E-state index in [1.165, 1.54) is 6.33 Å². The highest BCUT2D eigenvalue weighted by molar-refractivity contribution is 5.20. The second-order valence-corrected chi connectivity index (χ2v) is 5.42. The lowest BCUT2D eigenvalue weighted by atomic mass is 10.1. The van der Waals surface area contributed by atoms with E-state index in [1.807, 2.05) is 48.5 Å². The predicted molar refractivity (Wildman–Crippen MR) is 88.6 cm³/mol. The summed E-state index contributed by atoms with van der Waals surface area (Å²) in [6, 6.07) is 19.9. The lowest BCUT2D eigenvalue weighted by Crippen LogP contribution is -2.29. The molecule has 3 rings (SSSR count). The molecule has 5 nitrogen and oxygen atoms in total. The monoisotopic (exact) mass is 308 g/mol. The SMILES string of the molecule is OC(CNC(Cn1cncn1)c1ccccc1)c1ccccc1. The average molecular weight is 308 g/mol. The molecule has 23 heavy (non-hydrogen) atoms. The summed E-state index contributed by atoms with van der Waals surface area (Å²) in [6.07, 6.45) is 2.68. The third-order valence-electron chi connectivity index (χ3n) is 3.78.